The lowest BCUT2D eigenvalue weighted by atomic mass is 9.83. The average molecular weight is 533 g/mol. The van der Waals surface area contributed by atoms with E-state index in [1.807, 2.05) is 49.6 Å². The number of unbranched alkanes of at least 4 members (excludes halogenated alkanes) is 1. The Labute approximate surface area is 229 Å². The van der Waals surface area contributed by atoms with Crippen LogP contribution >= 0.6 is 0 Å². The molecule has 206 valence electrons. The number of rotatable bonds is 11. The molecule has 0 bridgehead atoms. The summed E-state index contributed by atoms with van der Waals surface area (Å²) in [6, 6.07) is 13.1. The topological polar surface area (TPSA) is 97.1 Å². The monoisotopic (exact) mass is 532 g/mol. The van der Waals surface area contributed by atoms with E-state index < -0.39 is 11.9 Å². The maximum Gasteiger partial charge on any atom is 0.308 e. The Kier molecular flexibility index (Phi) is 8.16. The summed E-state index contributed by atoms with van der Waals surface area (Å²) in [5.41, 5.74) is 2.79. The molecule has 1 saturated heterocycles. The first-order valence-corrected chi connectivity index (χ1v) is 13.6. The van der Waals surface area contributed by atoms with Crippen LogP contribution < -0.4 is 14.4 Å². The van der Waals surface area contributed by atoms with E-state index >= 15 is 0 Å². The van der Waals surface area contributed by atoms with Gasteiger partial charge in [0.05, 0.1) is 24.3 Å². The number of fused-ring (bicyclic) bond motifs is 1. The maximum atomic E-state index is 13.8. The van der Waals surface area contributed by atoms with Crippen LogP contribution in [0.2, 0.25) is 0 Å². The minimum Gasteiger partial charge on any atom is -0.481 e. The molecule has 4 heterocycles. The smallest absolute Gasteiger partial charge is 0.308 e. The van der Waals surface area contributed by atoms with Gasteiger partial charge in [0.15, 0.2) is 11.5 Å². The molecule has 5 rings (SSSR count). The van der Waals surface area contributed by atoms with Crippen molar-refractivity contribution in [2.45, 2.75) is 44.6 Å². The highest BCUT2D eigenvalue weighted by molar-refractivity contribution is 5.94. The Morgan fingerprint density at radius 2 is 2.00 bits per heavy atom. The molecule has 9 nitrogen and oxygen atoms in total. The highest BCUT2D eigenvalue weighted by atomic mass is 16.7. The third-order valence-electron chi connectivity index (χ3n) is 7.94. The van der Waals surface area contributed by atoms with Gasteiger partial charge in [0.1, 0.15) is 0 Å². The first kappa shape index (κ1) is 26.7. The Morgan fingerprint density at radius 3 is 2.72 bits per heavy atom. The lowest BCUT2D eigenvalue weighted by Gasteiger charge is -2.29. The van der Waals surface area contributed by atoms with E-state index in [1.54, 1.807) is 17.3 Å². The molecule has 1 amide bonds. The minimum absolute atomic E-state index is 0.0456. The molecular formula is C30H36N4O5. The fourth-order valence-electron chi connectivity index (χ4n) is 5.87. The van der Waals surface area contributed by atoms with Gasteiger partial charge >= 0.3 is 5.97 Å². The molecule has 1 N–H and O–H groups in total. The van der Waals surface area contributed by atoms with Crippen LogP contribution in [0.15, 0.2) is 61.1 Å². The molecular weight excluding hydrogens is 496 g/mol. The molecule has 3 unspecified atom stereocenters. The molecule has 3 atom stereocenters. The van der Waals surface area contributed by atoms with Crippen molar-refractivity contribution in [2.75, 3.05) is 31.3 Å². The van der Waals surface area contributed by atoms with Gasteiger partial charge in [-0.15, -0.1) is 0 Å². The van der Waals surface area contributed by atoms with Crippen molar-refractivity contribution in [1.82, 2.24) is 14.5 Å². The number of carbonyl (C=O) groups excluding carboxylic acids is 1. The number of carbonyl (C=O) groups is 2. The molecule has 0 spiro atoms. The van der Waals surface area contributed by atoms with Crippen LogP contribution in [0.25, 0.3) is 0 Å². The highest BCUT2D eigenvalue weighted by Gasteiger charge is 2.47. The fourth-order valence-corrected chi connectivity index (χ4v) is 5.87. The number of carboxylic acids is 1. The number of aliphatic carboxylic acids is 1. The molecule has 0 radical (unpaired) electrons. The van der Waals surface area contributed by atoms with Gasteiger partial charge in [0.25, 0.3) is 0 Å². The zero-order valence-electron chi connectivity index (χ0n) is 22.5. The molecule has 3 aromatic rings. The normalized spacial score (nSPS) is 20.3. The number of pyridine rings is 1. The summed E-state index contributed by atoms with van der Waals surface area (Å²) in [6.45, 7) is 3.46. The molecule has 39 heavy (non-hydrogen) atoms. The second-order valence-electron chi connectivity index (χ2n) is 10.3. The van der Waals surface area contributed by atoms with E-state index in [0.29, 0.717) is 31.0 Å². The summed E-state index contributed by atoms with van der Waals surface area (Å²) in [4.78, 5) is 34.7. The Hall–Kier alpha value is -3.85. The number of likely N-dealkylation sites (tertiary alicyclic amines) is 1. The van der Waals surface area contributed by atoms with Crippen molar-refractivity contribution in [1.29, 1.82) is 0 Å². The average Bonchev–Trinajstić information content (AvgIpc) is 3.66. The largest absolute Gasteiger partial charge is 0.481 e. The molecule has 1 fully saturated rings. The number of carboxylic acid groups (broad SMARTS) is 1. The summed E-state index contributed by atoms with van der Waals surface area (Å²) in [5, 5.41) is 10.5. The van der Waals surface area contributed by atoms with Gasteiger partial charge < -0.3 is 24.0 Å². The first-order chi connectivity index (χ1) is 19.0. The highest BCUT2D eigenvalue weighted by Crippen LogP contribution is 2.43. The van der Waals surface area contributed by atoms with Crippen molar-refractivity contribution >= 4 is 17.6 Å². The minimum atomic E-state index is -0.848. The van der Waals surface area contributed by atoms with Crippen LogP contribution in [0.1, 0.15) is 43.4 Å². The van der Waals surface area contributed by atoms with E-state index in [0.717, 1.165) is 36.2 Å². The van der Waals surface area contributed by atoms with Gasteiger partial charge in [-0.3, -0.25) is 19.5 Å². The lowest BCUT2D eigenvalue weighted by molar-refractivity contribution is -0.143. The Balaban J connectivity index is 1.44. The van der Waals surface area contributed by atoms with Gasteiger partial charge in [-0.25, -0.2) is 0 Å². The van der Waals surface area contributed by atoms with Crippen LogP contribution in [-0.2, 0) is 23.1 Å². The summed E-state index contributed by atoms with van der Waals surface area (Å²) in [6.07, 6.45) is 8.58. The lowest BCUT2D eigenvalue weighted by Crippen LogP contribution is -2.44. The number of aromatic nitrogens is 2. The number of hydrogen-bond acceptors (Lipinski definition) is 6. The number of amides is 1. The molecule has 1 aromatic carbocycles. The molecule has 2 aromatic heterocycles. The Bertz CT molecular complexity index is 1290. The summed E-state index contributed by atoms with van der Waals surface area (Å²) < 4.78 is 13.1. The molecule has 2 aliphatic heterocycles. The van der Waals surface area contributed by atoms with E-state index in [2.05, 4.69) is 27.4 Å². The van der Waals surface area contributed by atoms with Crippen molar-refractivity contribution in [3.8, 4) is 11.5 Å². The van der Waals surface area contributed by atoms with Crippen molar-refractivity contribution < 1.29 is 24.2 Å². The maximum absolute atomic E-state index is 13.8. The van der Waals surface area contributed by atoms with Crippen molar-refractivity contribution in [3.63, 3.8) is 0 Å². The van der Waals surface area contributed by atoms with E-state index in [4.69, 9.17) is 9.47 Å². The number of nitrogens with zero attached hydrogens (tertiary/aromatic N) is 4. The number of aryl methyl sites for hydroxylation is 2. The third-order valence-corrected chi connectivity index (χ3v) is 7.94. The van der Waals surface area contributed by atoms with Crippen LogP contribution in [0.3, 0.4) is 0 Å². The van der Waals surface area contributed by atoms with E-state index in [-0.39, 0.29) is 31.2 Å². The Morgan fingerprint density at radius 1 is 1.15 bits per heavy atom. The zero-order valence-corrected chi connectivity index (χ0v) is 22.5. The fraction of sp³-hybridized carbons (Fsp3) is 0.433. The van der Waals surface area contributed by atoms with Gasteiger partial charge in [-0.1, -0.05) is 19.4 Å². The SMILES string of the molecule is CCCCN(C(=O)CN1CC(c2ccc3c(c2)OCO3)C(C(=O)O)C1CCc1cccn1C)c1cccnc1. The molecule has 9 heteroatoms. The van der Waals surface area contributed by atoms with Gasteiger partial charge in [-0.2, -0.15) is 0 Å². The third kappa shape index (κ3) is 5.78. The van der Waals surface area contributed by atoms with Crippen LogP contribution in [0.5, 0.6) is 11.5 Å². The van der Waals surface area contributed by atoms with E-state index in [9.17, 15) is 14.7 Å². The standard InChI is InChI=1S/C30H36N4O5/c1-3-4-15-34(23-7-5-13-31-17-23)28(35)19-33-18-24(21-9-12-26-27(16-21)39-20-38-26)29(30(36)37)25(33)11-10-22-8-6-14-32(22)2/h5-9,12-14,16-17,24-25,29H,3-4,10-11,15,18-20H2,1-2H3,(H,36,37). The second-order valence-corrected chi connectivity index (χ2v) is 10.3. The summed E-state index contributed by atoms with van der Waals surface area (Å²) in [7, 11) is 1.99. The van der Waals surface area contributed by atoms with Crippen molar-refractivity contribution in [3.05, 3.63) is 72.3 Å². The van der Waals surface area contributed by atoms with Crippen LogP contribution in [0.4, 0.5) is 5.69 Å². The van der Waals surface area contributed by atoms with E-state index in [1.165, 1.54) is 0 Å². The number of hydrogen-bond donors (Lipinski definition) is 1. The first-order valence-electron chi connectivity index (χ1n) is 13.6. The predicted molar refractivity (Wildman–Crippen MR) is 147 cm³/mol. The predicted octanol–water partition coefficient (Wildman–Crippen LogP) is 4.08. The van der Waals surface area contributed by atoms with Crippen molar-refractivity contribution in [2.24, 2.45) is 13.0 Å². The van der Waals surface area contributed by atoms with Gasteiger partial charge in [0, 0.05) is 50.2 Å². The number of ether oxygens (including phenoxy) is 2. The van der Waals surface area contributed by atoms with Gasteiger partial charge in [0.2, 0.25) is 12.7 Å². The number of benzene rings is 1. The summed E-state index contributed by atoms with van der Waals surface area (Å²) in [5.74, 6) is -0.546. The quantitative estimate of drug-likeness (QED) is 0.397. The second kappa shape index (κ2) is 11.9. The number of anilines is 1. The molecule has 0 saturated carbocycles. The summed E-state index contributed by atoms with van der Waals surface area (Å²) >= 11 is 0. The zero-order chi connectivity index (χ0) is 27.4. The van der Waals surface area contributed by atoms with Gasteiger partial charge in [-0.05, 0) is 61.2 Å². The molecule has 2 aliphatic rings. The van der Waals surface area contributed by atoms with Crippen LogP contribution in [-0.4, -0.2) is 63.9 Å². The molecule has 0 aliphatic carbocycles. The van der Waals surface area contributed by atoms with Crippen LogP contribution in [0, 0.1) is 5.92 Å².